The molecule has 0 bridgehead atoms. The van der Waals surface area contributed by atoms with Crippen molar-refractivity contribution in [2.45, 2.75) is 32.6 Å². The van der Waals surface area contributed by atoms with Gasteiger partial charge < -0.3 is 15.4 Å². The van der Waals surface area contributed by atoms with Gasteiger partial charge in [0.05, 0.1) is 23.4 Å². The van der Waals surface area contributed by atoms with Gasteiger partial charge in [-0.05, 0) is 56.5 Å². The van der Waals surface area contributed by atoms with Crippen LogP contribution in [0, 0.1) is 0 Å². The van der Waals surface area contributed by atoms with Gasteiger partial charge in [0.15, 0.2) is 16.7 Å². The molecule has 34 heavy (non-hydrogen) atoms. The molecule has 0 saturated heterocycles. The van der Waals surface area contributed by atoms with E-state index in [9.17, 15) is 14.4 Å². The zero-order valence-electron chi connectivity index (χ0n) is 18.5. The number of carbonyl (C=O) groups excluding carboxylic acids is 3. The van der Waals surface area contributed by atoms with Crippen LogP contribution in [0.4, 0.5) is 10.7 Å². The minimum atomic E-state index is -0.360. The Hall–Kier alpha value is -3.36. The molecule has 0 spiro atoms. The van der Waals surface area contributed by atoms with E-state index in [1.54, 1.807) is 49.4 Å². The Kier molecular flexibility index (Phi) is 6.02. The SMILES string of the molecule is CCOC(=O)c1c(NC(=S)Nc2cccc3c2C(=O)c2ccccc2C3=O)sc2c1CCCC2. The number of thiocarbonyl (C=S) groups is 1. The molecule has 1 heterocycles. The number of carbonyl (C=O) groups is 3. The zero-order chi connectivity index (χ0) is 23.8. The average Bonchev–Trinajstić information content (AvgIpc) is 3.20. The van der Waals surface area contributed by atoms with Crippen molar-refractivity contribution in [1.82, 2.24) is 0 Å². The fourth-order valence-electron chi connectivity index (χ4n) is 4.58. The van der Waals surface area contributed by atoms with Crippen LogP contribution in [0.3, 0.4) is 0 Å². The van der Waals surface area contributed by atoms with E-state index in [0.717, 1.165) is 31.2 Å². The highest BCUT2D eigenvalue weighted by Gasteiger charge is 2.32. The third kappa shape index (κ3) is 3.82. The molecular formula is C26H22N2O4S2. The largest absolute Gasteiger partial charge is 0.462 e. The van der Waals surface area contributed by atoms with Crippen molar-refractivity contribution in [3.05, 3.63) is 80.7 Å². The lowest BCUT2D eigenvalue weighted by Gasteiger charge is -2.21. The normalized spacial score (nSPS) is 14.0. The molecule has 0 amide bonds. The van der Waals surface area contributed by atoms with E-state index in [0.29, 0.717) is 45.1 Å². The van der Waals surface area contributed by atoms with Gasteiger partial charge in [-0.2, -0.15) is 0 Å². The number of benzene rings is 2. The van der Waals surface area contributed by atoms with Crippen molar-refractivity contribution in [1.29, 1.82) is 0 Å². The van der Waals surface area contributed by atoms with Crippen LogP contribution in [0.2, 0.25) is 0 Å². The molecule has 0 saturated carbocycles. The molecule has 0 fully saturated rings. The number of rotatable bonds is 4. The number of ether oxygens (including phenoxy) is 1. The molecule has 3 aromatic rings. The Morgan fingerprint density at radius 1 is 0.971 bits per heavy atom. The molecule has 2 N–H and O–H groups in total. The fraction of sp³-hybridized carbons (Fsp3) is 0.231. The number of hydrogen-bond donors (Lipinski definition) is 2. The highest BCUT2D eigenvalue weighted by molar-refractivity contribution is 7.80. The smallest absolute Gasteiger partial charge is 0.341 e. The van der Waals surface area contributed by atoms with Crippen LogP contribution in [0.5, 0.6) is 0 Å². The summed E-state index contributed by atoms with van der Waals surface area (Å²) in [5.74, 6) is -0.778. The third-order valence-electron chi connectivity index (χ3n) is 6.08. The van der Waals surface area contributed by atoms with E-state index in [-0.39, 0.29) is 22.6 Å². The predicted molar refractivity (Wildman–Crippen MR) is 137 cm³/mol. The molecule has 0 unspecified atom stereocenters. The fourth-order valence-corrected chi connectivity index (χ4v) is 6.14. The zero-order valence-corrected chi connectivity index (χ0v) is 20.2. The lowest BCUT2D eigenvalue weighted by molar-refractivity contribution is 0.0526. The van der Waals surface area contributed by atoms with Crippen molar-refractivity contribution in [2.24, 2.45) is 0 Å². The Morgan fingerprint density at radius 3 is 2.44 bits per heavy atom. The topological polar surface area (TPSA) is 84.5 Å². The molecule has 0 radical (unpaired) electrons. The molecule has 2 aromatic carbocycles. The summed E-state index contributed by atoms with van der Waals surface area (Å²) in [6, 6.07) is 11.9. The minimum absolute atomic E-state index is 0.191. The summed E-state index contributed by atoms with van der Waals surface area (Å²) in [6.07, 6.45) is 3.89. The molecule has 2 aliphatic carbocycles. The Balaban J connectivity index is 1.45. The summed E-state index contributed by atoms with van der Waals surface area (Å²) in [4.78, 5) is 40.1. The van der Waals surface area contributed by atoms with Crippen LogP contribution in [0.25, 0.3) is 0 Å². The van der Waals surface area contributed by atoms with Crippen LogP contribution in [-0.4, -0.2) is 29.3 Å². The second kappa shape index (κ2) is 9.12. The molecule has 2 aliphatic rings. The summed E-state index contributed by atoms with van der Waals surface area (Å²) >= 11 is 7.07. The average molecular weight is 491 g/mol. The summed E-state index contributed by atoms with van der Waals surface area (Å²) in [6.45, 7) is 2.07. The highest BCUT2D eigenvalue weighted by atomic mass is 32.1. The van der Waals surface area contributed by atoms with Crippen molar-refractivity contribution in [2.75, 3.05) is 17.2 Å². The Bertz CT molecular complexity index is 1360. The molecule has 5 rings (SSSR count). The van der Waals surface area contributed by atoms with E-state index in [4.69, 9.17) is 17.0 Å². The maximum Gasteiger partial charge on any atom is 0.341 e. The number of hydrogen-bond acceptors (Lipinski definition) is 6. The molecule has 0 aliphatic heterocycles. The molecule has 0 atom stereocenters. The van der Waals surface area contributed by atoms with Gasteiger partial charge in [-0.3, -0.25) is 9.59 Å². The maximum atomic E-state index is 13.2. The van der Waals surface area contributed by atoms with E-state index >= 15 is 0 Å². The van der Waals surface area contributed by atoms with Gasteiger partial charge in [-0.25, -0.2) is 4.79 Å². The highest BCUT2D eigenvalue weighted by Crippen LogP contribution is 2.39. The van der Waals surface area contributed by atoms with E-state index in [1.807, 2.05) is 0 Å². The number of nitrogens with one attached hydrogen (secondary N) is 2. The van der Waals surface area contributed by atoms with Gasteiger partial charge in [-0.15, -0.1) is 11.3 Å². The maximum absolute atomic E-state index is 13.2. The number of thiophene rings is 1. The third-order valence-corrected chi connectivity index (χ3v) is 7.49. The number of anilines is 2. The summed E-state index contributed by atoms with van der Waals surface area (Å²) in [5, 5.41) is 7.10. The molecule has 172 valence electrons. The van der Waals surface area contributed by atoms with Crippen molar-refractivity contribution < 1.29 is 19.1 Å². The molecule has 6 nitrogen and oxygen atoms in total. The Labute approximate surface area is 206 Å². The minimum Gasteiger partial charge on any atom is -0.462 e. The van der Waals surface area contributed by atoms with Crippen LogP contribution >= 0.6 is 23.6 Å². The van der Waals surface area contributed by atoms with E-state index in [2.05, 4.69) is 10.6 Å². The second-order valence-corrected chi connectivity index (χ2v) is 9.66. The summed E-state index contributed by atoms with van der Waals surface area (Å²) in [7, 11) is 0. The second-order valence-electron chi connectivity index (χ2n) is 8.15. The van der Waals surface area contributed by atoms with Crippen molar-refractivity contribution in [3.63, 3.8) is 0 Å². The monoisotopic (exact) mass is 490 g/mol. The lowest BCUT2D eigenvalue weighted by Crippen LogP contribution is -2.26. The van der Waals surface area contributed by atoms with Gasteiger partial charge >= 0.3 is 5.97 Å². The first-order valence-electron chi connectivity index (χ1n) is 11.2. The lowest BCUT2D eigenvalue weighted by atomic mass is 9.83. The first-order valence-corrected chi connectivity index (χ1v) is 12.4. The van der Waals surface area contributed by atoms with Crippen molar-refractivity contribution in [3.8, 4) is 0 Å². The molecule has 1 aromatic heterocycles. The van der Waals surface area contributed by atoms with E-state index in [1.165, 1.54) is 16.2 Å². The van der Waals surface area contributed by atoms with Crippen LogP contribution in [0.15, 0.2) is 42.5 Å². The van der Waals surface area contributed by atoms with Gasteiger partial charge in [0, 0.05) is 21.6 Å². The number of fused-ring (bicyclic) bond motifs is 3. The quantitative estimate of drug-likeness (QED) is 0.293. The van der Waals surface area contributed by atoms with Gasteiger partial charge in [0.2, 0.25) is 0 Å². The Morgan fingerprint density at radius 2 is 1.68 bits per heavy atom. The molecule has 8 heteroatoms. The van der Waals surface area contributed by atoms with Gasteiger partial charge in [0.1, 0.15) is 5.00 Å². The van der Waals surface area contributed by atoms with Crippen molar-refractivity contribution >= 4 is 56.9 Å². The number of esters is 1. The number of ketones is 2. The summed E-state index contributed by atoms with van der Waals surface area (Å²) < 4.78 is 5.31. The van der Waals surface area contributed by atoms with Gasteiger partial charge in [0.25, 0.3) is 0 Å². The predicted octanol–water partition coefficient (Wildman–Crippen LogP) is 5.39. The van der Waals surface area contributed by atoms with Crippen LogP contribution < -0.4 is 10.6 Å². The van der Waals surface area contributed by atoms with Crippen LogP contribution in [0.1, 0.15) is 72.4 Å². The summed E-state index contributed by atoms with van der Waals surface area (Å²) in [5.41, 5.74) is 3.45. The van der Waals surface area contributed by atoms with E-state index < -0.39 is 0 Å². The standard InChI is InChI=1S/C26H22N2O4S2/c1-2-32-25(31)21-16-10-5-6-13-19(16)34-24(21)28-26(33)27-18-12-7-11-17-20(18)23(30)15-9-4-3-8-14(15)22(17)29/h3-4,7-9,11-12H,2,5-6,10,13H2,1H3,(H2,27,28,33). The van der Waals surface area contributed by atoms with Crippen LogP contribution in [-0.2, 0) is 17.6 Å². The number of aryl methyl sites for hydroxylation is 1. The van der Waals surface area contributed by atoms with Gasteiger partial charge in [-0.1, -0.05) is 36.4 Å². The molecular weight excluding hydrogens is 468 g/mol. The first kappa shape index (κ1) is 22.4. The first-order chi connectivity index (χ1) is 16.5.